The van der Waals surface area contributed by atoms with Gasteiger partial charge in [-0.3, -0.25) is 4.98 Å². The predicted molar refractivity (Wildman–Crippen MR) is 107 cm³/mol. The van der Waals surface area contributed by atoms with E-state index >= 15 is 0 Å². The zero-order valence-corrected chi connectivity index (χ0v) is 15.8. The van der Waals surface area contributed by atoms with Crippen LogP contribution in [0.5, 0.6) is 5.75 Å². The summed E-state index contributed by atoms with van der Waals surface area (Å²) in [6, 6.07) is 18.1. The highest BCUT2D eigenvalue weighted by atomic mass is 32.2. The van der Waals surface area contributed by atoms with Crippen LogP contribution in [-0.2, 0) is 5.75 Å². The molecule has 0 saturated heterocycles. The molecule has 0 spiro atoms. The number of aromatic nitrogens is 1. The molecule has 1 aromatic heterocycles. The summed E-state index contributed by atoms with van der Waals surface area (Å²) < 4.78 is 5.71. The molecule has 0 fully saturated rings. The van der Waals surface area contributed by atoms with Crippen molar-refractivity contribution >= 4 is 28.8 Å². The Morgan fingerprint density at radius 1 is 1.08 bits per heavy atom. The molecule has 26 heavy (non-hydrogen) atoms. The molecule has 1 amide bonds. The van der Waals surface area contributed by atoms with Gasteiger partial charge in [0.2, 0.25) is 0 Å². The number of amides is 1. The van der Waals surface area contributed by atoms with Crippen LogP contribution in [0.25, 0.3) is 10.9 Å². The van der Waals surface area contributed by atoms with Crippen molar-refractivity contribution in [1.82, 2.24) is 9.88 Å². The Balaban J connectivity index is 1.89. The summed E-state index contributed by atoms with van der Waals surface area (Å²) >= 11 is 1.66. The third kappa shape index (κ3) is 4.35. The molecule has 0 bridgehead atoms. The molecule has 4 nitrogen and oxygen atoms in total. The highest BCUT2D eigenvalue weighted by molar-refractivity contribution is 7.98. The van der Waals surface area contributed by atoms with Gasteiger partial charge in [-0.1, -0.05) is 36.4 Å². The molecule has 0 N–H and O–H groups in total. The molecule has 3 aromatic rings. The van der Waals surface area contributed by atoms with Crippen LogP contribution in [0, 0.1) is 0 Å². The van der Waals surface area contributed by atoms with E-state index in [0.717, 1.165) is 21.6 Å². The highest BCUT2D eigenvalue weighted by Gasteiger charge is 2.16. The van der Waals surface area contributed by atoms with E-state index in [-0.39, 0.29) is 6.09 Å². The number of hydrogen-bond acceptors (Lipinski definition) is 4. The average Bonchev–Trinajstić information content (AvgIpc) is 2.68. The summed E-state index contributed by atoms with van der Waals surface area (Å²) in [6.07, 6.45) is 1.42. The van der Waals surface area contributed by atoms with E-state index in [9.17, 15) is 4.79 Å². The van der Waals surface area contributed by atoms with Crippen molar-refractivity contribution in [3.8, 4) is 5.75 Å². The van der Waals surface area contributed by atoms with Crippen molar-refractivity contribution in [3.05, 3.63) is 66.4 Å². The van der Waals surface area contributed by atoms with Gasteiger partial charge in [0.05, 0.1) is 10.4 Å². The molecular weight excluding hydrogens is 344 g/mol. The van der Waals surface area contributed by atoms with Crippen LogP contribution in [0.2, 0.25) is 0 Å². The summed E-state index contributed by atoms with van der Waals surface area (Å²) in [7, 11) is 0. The van der Waals surface area contributed by atoms with Crippen molar-refractivity contribution in [2.45, 2.75) is 24.5 Å². The van der Waals surface area contributed by atoms with Gasteiger partial charge in [-0.05, 0) is 31.5 Å². The first kappa shape index (κ1) is 18.3. The minimum absolute atomic E-state index is 0.327. The summed E-state index contributed by atoms with van der Waals surface area (Å²) in [6.45, 7) is 5.12. The number of nitrogens with zero attached hydrogens (tertiary/aromatic N) is 2. The van der Waals surface area contributed by atoms with Gasteiger partial charge >= 0.3 is 6.09 Å². The van der Waals surface area contributed by atoms with Crippen molar-refractivity contribution in [3.63, 3.8) is 0 Å². The lowest BCUT2D eigenvalue weighted by Gasteiger charge is -2.19. The van der Waals surface area contributed by atoms with Crippen molar-refractivity contribution < 1.29 is 9.53 Å². The number of carbonyl (C=O) groups is 1. The number of hydrogen-bond donors (Lipinski definition) is 0. The molecule has 0 radical (unpaired) electrons. The molecule has 0 aliphatic carbocycles. The van der Waals surface area contributed by atoms with Crippen LogP contribution in [0.4, 0.5) is 4.79 Å². The Bertz CT molecular complexity index is 880. The van der Waals surface area contributed by atoms with Gasteiger partial charge in [0.1, 0.15) is 5.75 Å². The van der Waals surface area contributed by atoms with Gasteiger partial charge in [0.15, 0.2) is 0 Å². The van der Waals surface area contributed by atoms with E-state index < -0.39 is 0 Å². The second-order valence-electron chi connectivity index (χ2n) is 5.81. The lowest BCUT2D eigenvalue weighted by atomic mass is 10.2. The van der Waals surface area contributed by atoms with Gasteiger partial charge in [-0.25, -0.2) is 4.79 Å². The second kappa shape index (κ2) is 8.72. The maximum Gasteiger partial charge on any atom is 0.415 e. The number of carbonyl (C=O) groups excluding carboxylic acids is 1. The van der Waals surface area contributed by atoms with Crippen LogP contribution in [0.1, 0.15) is 19.4 Å². The van der Waals surface area contributed by atoms with Gasteiger partial charge in [0, 0.05) is 36.5 Å². The Labute approximate surface area is 158 Å². The summed E-state index contributed by atoms with van der Waals surface area (Å²) in [5, 5.41) is 1.03. The maximum absolute atomic E-state index is 12.4. The fraction of sp³-hybridized carbons (Fsp3) is 0.238. The minimum Gasteiger partial charge on any atom is -0.409 e. The maximum atomic E-state index is 12.4. The Kier molecular flexibility index (Phi) is 6.12. The number of ether oxygens (including phenoxy) is 1. The van der Waals surface area contributed by atoms with Gasteiger partial charge < -0.3 is 9.64 Å². The molecular formula is C21H22N2O2S. The zero-order valence-electron chi connectivity index (χ0n) is 15.0. The third-order valence-corrected chi connectivity index (χ3v) is 5.23. The summed E-state index contributed by atoms with van der Waals surface area (Å²) in [4.78, 5) is 19.4. The Morgan fingerprint density at radius 3 is 2.58 bits per heavy atom. The molecule has 3 rings (SSSR count). The van der Waals surface area contributed by atoms with E-state index in [2.05, 4.69) is 17.1 Å². The highest BCUT2D eigenvalue weighted by Crippen LogP contribution is 2.35. The van der Waals surface area contributed by atoms with Gasteiger partial charge in [-0.15, -0.1) is 11.8 Å². The number of thioether (sulfide) groups is 1. The SMILES string of the molecule is CCN(CC)C(=O)Oc1cc2ncccc2cc1SCc1ccccc1. The van der Waals surface area contributed by atoms with E-state index in [1.807, 2.05) is 56.3 Å². The second-order valence-corrected chi connectivity index (χ2v) is 6.83. The van der Waals surface area contributed by atoms with Crippen LogP contribution in [0.15, 0.2) is 65.7 Å². The van der Waals surface area contributed by atoms with Crippen LogP contribution < -0.4 is 4.74 Å². The normalized spacial score (nSPS) is 10.7. The molecule has 0 aliphatic heterocycles. The quantitative estimate of drug-likeness (QED) is 0.550. The third-order valence-electron chi connectivity index (χ3n) is 4.12. The molecule has 0 saturated carbocycles. The van der Waals surface area contributed by atoms with Crippen molar-refractivity contribution in [2.24, 2.45) is 0 Å². The minimum atomic E-state index is -0.327. The van der Waals surface area contributed by atoms with Crippen LogP contribution >= 0.6 is 11.8 Å². The smallest absolute Gasteiger partial charge is 0.409 e. The number of fused-ring (bicyclic) bond motifs is 1. The summed E-state index contributed by atoms with van der Waals surface area (Å²) in [5.41, 5.74) is 2.05. The van der Waals surface area contributed by atoms with E-state index in [4.69, 9.17) is 4.74 Å². The summed E-state index contributed by atoms with van der Waals surface area (Å²) in [5.74, 6) is 1.37. The molecule has 0 aliphatic rings. The first-order valence-corrected chi connectivity index (χ1v) is 9.72. The lowest BCUT2D eigenvalue weighted by molar-refractivity contribution is 0.156. The molecule has 2 aromatic carbocycles. The first-order chi connectivity index (χ1) is 12.7. The van der Waals surface area contributed by atoms with Crippen molar-refractivity contribution in [2.75, 3.05) is 13.1 Å². The topological polar surface area (TPSA) is 42.4 Å². The molecule has 5 heteroatoms. The average molecular weight is 366 g/mol. The van der Waals surface area contributed by atoms with E-state index in [1.54, 1.807) is 22.9 Å². The lowest BCUT2D eigenvalue weighted by Crippen LogP contribution is -2.33. The fourth-order valence-electron chi connectivity index (χ4n) is 2.65. The largest absolute Gasteiger partial charge is 0.415 e. The van der Waals surface area contributed by atoms with Crippen LogP contribution in [-0.4, -0.2) is 29.1 Å². The fourth-order valence-corrected chi connectivity index (χ4v) is 3.62. The molecule has 0 atom stereocenters. The van der Waals surface area contributed by atoms with Gasteiger partial charge in [0.25, 0.3) is 0 Å². The molecule has 0 unspecified atom stereocenters. The first-order valence-electron chi connectivity index (χ1n) is 8.73. The van der Waals surface area contributed by atoms with Crippen LogP contribution in [0.3, 0.4) is 0 Å². The number of rotatable bonds is 6. The van der Waals surface area contributed by atoms with E-state index in [1.165, 1.54) is 5.56 Å². The monoisotopic (exact) mass is 366 g/mol. The zero-order chi connectivity index (χ0) is 18.4. The molecule has 134 valence electrons. The number of pyridine rings is 1. The Morgan fingerprint density at radius 2 is 1.85 bits per heavy atom. The molecule has 1 heterocycles. The number of benzene rings is 2. The predicted octanol–water partition coefficient (Wildman–Crippen LogP) is 5.37. The van der Waals surface area contributed by atoms with Gasteiger partial charge in [-0.2, -0.15) is 0 Å². The standard InChI is InChI=1S/C21H22N2O2S/c1-3-23(4-2)21(24)25-19-14-18-17(11-8-12-22-18)13-20(19)26-15-16-9-6-5-7-10-16/h5-14H,3-4,15H2,1-2H3. The Hall–Kier alpha value is -2.53. The van der Waals surface area contributed by atoms with Crippen molar-refractivity contribution in [1.29, 1.82) is 0 Å². The van der Waals surface area contributed by atoms with E-state index in [0.29, 0.717) is 18.8 Å².